The van der Waals surface area contributed by atoms with Gasteiger partial charge in [0.2, 0.25) is 5.91 Å². The SMILES string of the molecule is CNCC1(C(=O)Nc2cccc(C)c2)CCC1. The molecule has 0 heterocycles. The van der Waals surface area contributed by atoms with Crippen LogP contribution >= 0.6 is 0 Å². The predicted molar refractivity (Wildman–Crippen MR) is 70.0 cm³/mol. The average molecular weight is 232 g/mol. The average Bonchev–Trinajstić information content (AvgIpc) is 2.23. The van der Waals surface area contributed by atoms with Gasteiger partial charge in [0.1, 0.15) is 0 Å². The lowest BCUT2D eigenvalue weighted by molar-refractivity contribution is -0.129. The van der Waals surface area contributed by atoms with Crippen LogP contribution in [0.1, 0.15) is 24.8 Å². The number of amides is 1. The van der Waals surface area contributed by atoms with E-state index < -0.39 is 0 Å². The number of aryl methyl sites for hydroxylation is 1. The van der Waals surface area contributed by atoms with Gasteiger partial charge in [0.25, 0.3) is 0 Å². The van der Waals surface area contributed by atoms with Crippen molar-refractivity contribution in [3.05, 3.63) is 29.8 Å². The molecule has 0 atom stereocenters. The van der Waals surface area contributed by atoms with Gasteiger partial charge in [0.05, 0.1) is 5.41 Å². The molecular formula is C14H20N2O. The molecule has 1 aromatic rings. The van der Waals surface area contributed by atoms with E-state index in [2.05, 4.69) is 10.6 Å². The van der Waals surface area contributed by atoms with Gasteiger partial charge in [-0.1, -0.05) is 18.6 Å². The minimum Gasteiger partial charge on any atom is -0.326 e. The Hall–Kier alpha value is -1.35. The Labute approximate surface area is 103 Å². The third-order valence-corrected chi connectivity index (χ3v) is 3.58. The zero-order valence-electron chi connectivity index (χ0n) is 10.5. The standard InChI is InChI=1S/C14H20N2O/c1-11-5-3-6-12(9-11)16-13(17)14(10-15-2)7-4-8-14/h3,5-6,9,15H,4,7-8,10H2,1-2H3,(H,16,17). The molecule has 0 radical (unpaired) electrons. The Morgan fingerprint density at radius 2 is 2.18 bits per heavy atom. The third-order valence-electron chi connectivity index (χ3n) is 3.58. The highest BCUT2D eigenvalue weighted by atomic mass is 16.2. The van der Waals surface area contributed by atoms with Crippen molar-refractivity contribution in [2.24, 2.45) is 5.41 Å². The van der Waals surface area contributed by atoms with Crippen LogP contribution in [0.15, 0.2) is 24.3 Å². The molecule has 1 aromatic carbocycles. The molecule has 0 unspecified atom stereocenters. The van der Waals surface area contributed by atoms with Crippen LogP contribution in [-0.4, -0.2) is 19.5 Å². The van der Waals surface area contributed by atoms with E-state index in [0.717, 1.165) is 31.5 Å². The number of carbonyl (C=O) groups is 1. The molecule has 0 aliphatic heterocycles. The van der Waals surface area contributed by atoms with Crippen molar-refractivity contribution in [2.75, 3.05) is 18.9 Å². The summed E-state index contributed by atoms with van der Waals surface area (Å²) in [6.07, 6.45) is 3.14. The molecule has 1 amide bonds. The second kappa shape index (κ2) is 4.88. The fraction of sp³-hybridized carbons (Fsp3) is 0.500. The molecule has 2 rings (SSSR count). The van der Waals surface area contributed by atoms with E-state index in [0.29, 0.717) is 0 Å². The number of benzene rings is 1. The Bertz CT molecular complexity index is 410. The summed E-state index contributed by atoms with van der Waals surface area (Å²) >= 11 is 0. The van der Waals surface area contributed by atoms with Gasteiger partial charge in [-0.05, 0) is 44.5 Å². The molecule has 1 saturated carbocycles. The third kappa shape index (κ3) is 2.50. The number of anilines is 1. The van der Waals surface area contributed by atoms with Crippen molar-refractivity contribution in [3.63, 3.8) is 0 Å². The first-order valence-electron chi connectivity index (χ1n) is 6.19. The monoisotopic (exact) mass is 232 g/mol. The van der Waals surface area contributed by atoms with Crippen molar-refractivity contribution >= 4 is 11.6 Å². The zero-order valence-corrected chi connectivity index (χ0v) is 10.5. The molecule has 0 spiro atoms. The zero-order chi connectivity index (χ0) is 12.3. The molecule has 17 heavy (non-hydrogen) atoms. The van der Waals surface area contributed by atoms with Crippen molar-refractivity contribution < 1.29 is 4.79 Å². The molecule has 0 bridgehead atoms. The lowest BCUT2D eigenvalue weighted by Gasteiger charge is -2.40. The lowest BCUT2D eigenvalue weighted by atomic mass is 9.68. The smallest absolute Gasteiger partial charge is 0.231 e. The minimum absolute atomic E-state index is 0.156. The highest BCUT2D eigenvalue weighted by Crippen LogP contribution is 2.41. The maximum Gasteiger partial charge on any atom is 0.231 e. The summed E-state index contributed by atoms with van der Waals surface area (Å²) in [7, 11) is 1.90. The molecule has 0 saturated heterocycles. The largest absolute Gasteiger partial charge is 0.326 e. The van der Waals surface area contributed by atoms with E-state index in [4.69, 9.17) is 0 Å². The molecule has 3 nitrogen and oxygen atoms in total. The fourth-order valence-corrected chi connectivity index (χ4v) is 2.41. The Morgan fingerprint density at radius 1 is 1.41 bits per heavy atom. The van der Waals surface area contributed by atoms with Crippen LogP contribution in [0.2, 0.25) is 0 Å². The highest BCUT2D eigenvalue weighted by Gasteiger charge is 2.43. The summed E-state index contributed by atoms with van der Waals surface area (Å²) in [5.74, 6) is 0.156. The first kappa shape index (κ1) is 12.1. The van der Waals surface area contributed by atoms with Crippen LogP contribution in [0.4, 0.5) is 5.69 Å². The van der Waals surface area contributed by atoms with Gasteiger partial charge < -0.3 is 10.6 Å². The molecule has 0 aromatic heterocycles. The topological polar surface area (TPSA) is 41.1 Å². The van der Waals surface area contributed by atoms with Crippen LogP contribution < -0.4 is 10.6 Å². The Morgan fingerprint density at radius 3 is 2.71 bits per heavy atom. The summed E-state index contributed by atoms with van der Waals surface area (Å²) in [5.41, 5.74) is 1.88. The Kier molecular flexibility index (Phi) is 3.48. The fourth-order valence-electron chi connectivity index (χ4n) is 2.41. The maximum absolute atomic E-state index is 12.3. The van der Waals surface area contributed by atoms with Crippen molar-refractivity contribution in [2.45, 2.75) is 26.2 Å². The van der Waals surface area contributed by atoms with Gasteiger partial charge in [0.15, 0.2) is 0 Å². The van der Waals surface area contributed by atoms with E-state index in [9.17, 15) is 4.79 Å². The number of hydrogen-bond donors (Lipinski definition) is 2. The van der Waals surface area contributed by atoms with Gasteiger partial charge in [-0.25, -0.2) is 0 Å². The summed E-state index contributed by atoms with van der Waals surface area (Å²) in [6.45, 7) is 2.80. The predicted octanol–water partition coefficient (Wildman–Crippen LogP) is 2.32. The number of carbonyl (C=O) groups excluding carboxylic acids is 1. The summed E-state index contributed by atoms with van der Waals surface area (Å²) in [4.78, 5) is 12.3. The van der Waals surface area contributed by atoms with Crippen LogP contribution in [-0.2, 0) is 4.79 Å². The van der Waals surface area contributed by atoms with Crippen LogP contribution in [0.25, 0.3) is 0 Å². The quantitative estimate of drug-likeness (QED) is 0.836. The molecule has 1 aliphatic rings. The van der Waals surface area contributed by atoms with Crippen molar-refractivity contribution in [1.82, 2.24) is 5.32 Å². The summed E-state index contributed by atoms with van der Waals surface area (Å²) in [6, 6.07) is 7.94. The molecule has 3 heteroatoms. The molecule has 1 aliphatic carbocycles. The maximum atomic E-state index is 12.3. The minimum atomic E-state index is -0.182. The summed E-state index contributed by atoms with van der Waals surface area (Å²) < 4.78 is 0. The van der Waals surface area contributed by atoms with E-state index in [-0.39, 0.29) is 11.3 Å². The normalized spacial score (nSPS) is 17.3. The van der Waals surface area contributed by atoms with Gasteiger partial charge in [-0.15, -0.1) is 0 Å². The van der Waals surface area contributed by atoms with Gasteiger partial charge >= 0.3 is 0 Å². The molecular weight excluding hydrogens is 212 g/mol. The van der Waals surface area contributed by atoms with E-state index in [1.165, 1.54) is 5.56 Å². The first-order chi connectivity index (χ1) is 8.16. The van der Waals surface area contributed by atoms with Crippen LogP contribution in [0.5, 0.6) is 0 Å². The van der Waals surface area contributed by atoms with Crippen molar-refractivity contribution in [3.8, 4) is 0 Å². The van der Waals surface area contributed by atoms with Gasteiger partial charge in [0, 0.05) is 12.2 Å². The Balaban J connectivity index is 2.05. The van der Waals surface area contributed by atoms with E-state index in [1.807, 2.05) is 38.2 Å². The molecule has 2 N–H and O–H groups in total. The number of rotatable bonds is 4. The second-order valence-electron chi connectivity index (χ2n) is 4.99. The van der Waals surface area contributed by atoms with E-state index >= 15 is 0 Å². The van der Waals surface area contributed by atoms with E-state index in [1.54, 1.807) is 0 Å². The second-order valence-corrected chi connectivity index (χ2v) is 4.99. The first-order valence-corrected chi connectivity index (χ1v) is 6.19. The van der Waals surface area contributed by atoms with Gasteiger partial charge in [-0.2, -0.15) is 0 Å². The molecule has 92 valence electrons. The summed E-state index contributed by atoms with van der Waals surface area (Å²) in [5, 5.41) is 6.16. The lowest BCUT2D eigenvalue weighted by Crippen LogP contribution is -2.48. The highest BCUT2D eigenvalue weighted by molar-refractivity contribution is 5.96. The number of hydrogen-bond acceptors (Lipinski definition) is 2. The molecule has 1 fully saturated rings. The van der Waals surface area contributed by atoms with Crippen LogP contribution in [0, 0.1) is 12.3 Å². The van der Waals surface area contributed by atoms with Gasteiger partial charge in [-0.3, -0.25) is 4.79 Å². The van der Waals surface area contributed by atoms with Crippen molar-refractivity contribution in [1.29, 1.82) is 0 Å². The number of nitrogens with one attached hydrogen (secondary N) is 2. The van der Waals surface area contributed by atoms with Crippen LogP contribution in [0.3, 0.4) is 0 Å².